The normalized spacial score (nSPS) is 10.8. The molecule has 0 saturated heterocycles. The van der Waals surface area contributed by atoms with Crippen molar-refractivity contribution < 1.29 is 32.5 Å². The number of alkyl halides is 2. The molecule has 30 heavy (non-hydrogen) atoms. The van der Waals surface area contributed by atoms with Crippen molar-refractivity contribution in [1.29, 1.82) is 5.26 Å². The largest absolute Gasteiger partial charge is 0.467 e. The van der Waals surface area contributed by atoms with Gasteiger partial charge in [-0.1, -0.05) is 0 Å². The Balaban J connectivity index is 2.10. The Kier molecular flexibility index (Phi) is 6.49. The number of hydrogen-bond donors (Lipinski definition) is 0. The Bertz CT molecular complexity index is 1100. The van der Waals surface area contributed by atoms with E-state index in [4.69, 9.17) is 14.2 Å². The number of fused-ring (bicyclic) bond motifs is 1. The summed E-state index contributed by atoms with van der Waals surface area (Å²) in [6.45, 7) is -1.14. The molecule has 0 aliphatic carbocycles. The summed E-state index contributed by atoms with van der Waals surface area (Å²) in [4.78, 5) is 12.2. The number of methoxy groups -OCH3 is 1. The number of nitriles is 1. The third kappa shape index (κ3) is 4.34. The second-order valence-electron chi connectivity index (χ2n) is 6.03. The van der Waals surface area contributed by atoms with Gasteiger partial charge in [-0.3, -0.25) is 0 Å². The highest BCUT2D eigenvalue weighted by Crippen LogP contribution is 2.31. The van der Waals surface area contributed by atoms with Crippen LogP contribution in [-0.2, 0) is 9.47 Å². The zero-order valence-electron chi connectivity index (χ0n) is 16.2. The lowest BCUT2D eigenvalue weighted by molar-refractivity contribution is -0.0497. The van der Waals surface area contributed by atoms with Crippen LogP contribution in [0.15, 0.2) is 42.6 Å². The fourth-order valence-corrected chi connectivity index (χ4v) is 2.97. The fourth-order valence-electron chi connectivity index (χ4n) is 2.97. The van der Waals surface area contributed by atoms with Gasteiger partial charge in [0.1, 0.15) is 23.1 Å². The number of ether oxygens (including phenoxy) is 4. The molecule has 3 aromatic rings. The molecule has 0 spiro atoms. The van der Waals surface area contributed by atoms with Crippen molar-refractivity contribution in [3.05, 3.63) is 53.7 Å². The van der Waals surface area contributed by atoms with Crippen molar-refractivity contribution >= 4 is 16.9 Å². The van der Waals surface area contributed by atoms with E-state index in [-0.39, 0.29) is 36.0 Å². The van der Waals surface area contributed by atoms with Gasteiger partial charge in [-0.05, 0) is 37.3 Å². The number of carbonyl (C=O) groups is 1. The van der Waals surface area contributed by atoms with E-state index in [1.165, 1.54) is 19.2 Å². The van der Waals surface area contributed by atoms with E-state index in [0.29, 0.717) is 16.6 Å². The topological polar surface area (TPSA) is 82.7 Å². The molecule has 3 rings (SSSR count). The maximum atomic E-state index is 12.5. The van der Waals surface area contributed by atoms with Crippen LogP contribution in [0.2, 0.25) is 0 Å². The lowest BCUT2D eigenvalue weighted by Gasteiger charge is -2.13. The molecule has 7 nitrogen and oxygen atoms in total. The Morgan fingerprint density at radius 1 is 1.23 bits per heavy atom. The molecular formula is C21H18F2N2O5. The van der Waals surface area contributed by atoms with Crippen LogP contribution in [0, 0.1) is 11.3 Å². The summed E-state index contributed by atoms with van der Waals surface area (Å²) in [5.41, 5.74) is 1.68. The molecule has 0 aliphatic heterocycles. The molecule has 0 bridgehead atoms. The van der Waals surface area contributed by atoms with Gasteiger partial charge in [-0.15, -0.1) is 0 Å². The first-order valence-corrected chi connectivity index (χ1v) is 8.91. The highest BCUT2D eigenvalue weighted by molar-refractivity contribution is 5.93. The van der Waals surface area contributed by atoms with E-state index < -0.39 is 12.6 Å². The highest BCUT2D eigenvalue weighted by atomic mass is 19.3. The van der Waals surface area contributed by atoms with Crippen molar-refractivity contribution in [2.24, 2.45) is 0 Å². The highest BCUT2D eigenvalue weighted by Gasteiger charge is 2.18. The average Bonchev–Trinajstić information content (AvgIpc) is 3.09. The number of rotatable bonds is 8. The molecule has 0 fully saturated rings. The number of carbonyl (C=O) groups excluding carboxylic acids is 1. The van der Waals surface area contributed by atoms with Gasteiger partial charge in [0.05, 0.1) is 17.7 Å². The summed E-state index contributed by atoms with van der Waals surface area (Å²) < 4.78 is 46.7. The van der Waals surface area contributed by atoms with E-state index in [0.717, 1.165) is 0 Å². The van der Waals surface area contributed by atoms with Gasteiger partial charge in [0.15, 0.2) is 6.79 Å². The van der Waals surface area contributed by atoms with Gasteiger partial charge in [0, 0.05) is 30.4 Å². The Hall–Kier alpha value is -3.64. The minimum atomic E-state index is -2.97. The first kappa shape index (κ1) is 21.1. The Morgan fingerprint density at radius 3 is 2.70 bits per heavy atom. The van der Waals surface area contributed by atoms with Gasteiger partial charge in [0.2, 0.25) is 0 Å². The third-order valence-corrected chi connectivity index (χ3v) is 4.19. The predicted molar refractivity (Wildman–Crippen MR) is 103 cm³/mol. The van der Waals surface area contributed by atoms with Gasteiger partial charge in [0.25, 0.3) is 0 Å². The Morgan fingerprint density at radius 2 is 2.03 bits per heavy atom. The molecule has 0 aliphatic rings. The predicted octanol–water partition coefficient (Wildman–Crippen LogP) is 4.26. The van der Waals surface area contributed by atoms with Gasteiger partial charge < -0.3 is 23.5 Å². The van der Waals surface area contributed by atoms with Crippen molar-refractivity contribution in [3.63, 3.8) is 0 Å². The third-order valence-electron chi connectivity index (χ3n) is 4.19. The summed E-state index contributed by atoms with van der Waals surface area (Å²) in [7, 11) is 1.45. The van der Waals surface area contributed by atoms with E-state index in [1.54, 1.807) is 42.0 Å². The number of nitrogens with zero attached hydrogens (tertiary/aromatic N) is 2. The maximum absolute atomic E-state index is 12.5. The number of esters is 1. The van der Waals surface area contributed by atoms with Crippen LogP contribution in [-0.4, -0.2) is 37.7 Å². The van der Waals surface area contributed by atoms with Crippen LogP contribution in [0.4, 0.5) is 8.78 Å². The summed E-state index contributed by atoms with van der Waals surface area (Å²) in [5.74, 6) is -0.349. The number of aromatic nitrogens is 1. The summed E-state index contributed by atoms with van der Waals surface area (Å²) >= 11 is 0. The van der Waals surface area contributed by atoms with Crippen LogP contribution in [0.25, 0.3) is 16.6 Å². The SMILES string of the molecule is CCOC(=O)c1ccc(-n2cc(C#N)c3cc(OC(F)F)ccc32)cc1OCOC. The summed E-state index contributed by atoms with van der Waals surface area (Å²) in [5, 5.41) is 9.91. The van der Waals surface area contributed by atoms with Crippen LogP contribution in [0.1, 0.15) is 22.8 Å². The zero-order valence-corrected chi connectivity index (χ0v) is 16.2. The second kappa shape index (κ2) is 9.24. The van der Waals surface area contributed by atoms with Crippen molar-refractivity contribution in [3.8, 4) is 23.3 Å². The van der Waals surface area contributed by atoms with Gasteiger partial charge >= 0.3 is 12.6 Å². The minimum absolute atomic E-state index is 0.0477. The zero-order chi connectivity index (χ0) is 21.7. The number of halogens is 2. The molecule has 9 heteroatoms. The molecule has 0 N–H and O–H groups in total. The van der Waals surface area contributed by atoms with E-state index in [2.05, 4.69) is 4.74 Å². The van der Waals surface area contributed by atoms with Crippen LogP contribution in [0.5, 0.6) is 11.5 Å². The van der Waals surface area contributed by atoms with E-state index >= 15 is 0 Å². The fraction of sp³-hybridized carbons (Fsp3) is 0.238. The Labute approximate surface area is 170 Å². The number of benzene rings is 2. The lowest BCUT2D eigenvalue weighted by Crippen LogP contribution is -2.10. The van der Waals surface area contributed by atoms with E-state index in [9.17, 15) is 18.8 Å². The monoisotopic (exact) mass is 416 g/mol. The molecular weight excluding hydrogens is 398 g/mol. The molecule has 0 unspecified atom stereocenters. The van der Waals surface area contributed by atoms with Gasteiger partial charge in [-0.2, -0.15) is 14.0 Å². The quantitative estimate of drug-likeness (QED) is 0.403. The molecule has 0 amide bonds. The van der Waals surface area contributed by atoms with Crippen LogP contribution >= 0.6 is 0 Å². The van der Waals surface area contributed by atoms with E-state index in [1.807, 2.05) is 6.07 Å². The maximum Gasteiger partial charge on any atom is 0.387 e. The smallest absolute Gasteiger partial charge is 0.387 e. The molecule has 2 aromatic carbocycles. The summed E-state index contributed by atoms with van der Waals surface area (Å²) in [6, 6.07) is 11.2. The average molecular weight is 416 g/mol. The molecule has 0 saturated carbocycles. The number of hydrogen-bond acceptors (Lipinski definition) is 6. The molecule has 0 radical (unpaired) electrons. The molecule has 1 aromatic heterocycles. The second-order valence-corrected chi connectivity index (χ2v) is 6.03. The van der Waals surface area contributed by atoms with Crippen molar-refractivity contribution in [2.45, 2.75) is 13.5 Å². The molecule has 1 heterocycles. The summed E-state index contributed by atoms with van der Waals surface area (Å²) in [6.07, 6.45) is 1.57. The first-order chi connectivity index (χ1) is 14.5. The standard InChI is InChI=1S/C21H18F2N2O5/c1-3-28-20(26)16-6-4-14(8-19(16)29-12-27-2)25-11-13(10-24)17-9-15(30-21(22)23)5-7-18(17)25/h4-9,11,21H,3,12H2,1-2H3. The first-order valence-electron chi connectivity index (χ1n) is 8.91. The molecule has 156 valence electrons. The molecule has 0 atom stereocenters. The van der Waals surface area contributed by atoms with Crippen LogP contribution < -0.4 is 9.47 Å². The van der Waals surface area contributed by atoms with Crippen LogP contribution in [0.3, 0.4) is 0 Å². The van der Waals surface area contributed by atoms with Crippen molar-refractivity contribution in [2.75, 3.05) is 20.5 Å². The van der Waals surface area contributed by atoms with Crippen molar-refractivity contribution in [1.82, 2.24) is 4.57 Å². The minimum Gasteiger partial charge on any atom is -0.467 e. The van der Waals surface area contributed by atoms with Gasteiger partial charge in [-0.25, -0.2) is 4.79 Å². The lowest BCUT2D eigenvalue weighted by atomic mass is 10.1.